The second kappa shape index (κ2) is 4.39. The first-order valence-electron chi connectivity index (χ1n) is 6.74. The van der Waals surface area contributed by atoms with E-state index in [0.29, 0.717) is 17.5 Å². The second-order valence-corrected chi connectivity index (χ2v) is 8.18. The molecule has 3 rings (SSSR count). The van der Waals surface area contributed by atoms with Crippen LogP contribution in [0.4, 0.5) is 0 Å². The molecule has 3 atom stereocenters. The standard InChI is InChI=1S/C13H21NO2S/c15-17(16)5-3-13(4-6-17)14-9-12-8-10-1-2-11(12)7-10/h1-2,10-14H,3-9H2. The van der Waals surface area contributed by atoms with Gasteiger partial charge >= 0.3 is 0 Å². The van der Waals surface area contributed by atoms with Crippen LogP contribution in [0.3, 0.4) is 0 Å². The van der Waals surface area contributed by atoms with Crippen molar-refractivity contribution in [2.75, 3.05) is 18.1 Å². The zero-order valence-corrected chi connectivity index (χ0v) is 11.0. The first-order valence-corrected chi connectivity index (χ1v) is 8.57. The fourth-order valence-corrected chi connectivity index (χ4v) is 5.03. The van der Waals surface area contributed by atoms with Crippen molar-refractivity contribution in [3.8, 4) is 0 Å². The molecule has 2 bridgehead atoms. The van der Waals surface area contributed by atoms with E-state index in [1.54, 1.807) is 0 Å². The number of hydrogen-bond acceptors (Lipinski definition) is 3. The molecule has 3 aliphatic rings. The second-order valence-electron chi connectivity index (χ2n) is 5.87. The van der Waals surface area contributed by atoms with E-state index in [-0.39, 0.29) is 0 Å². The molecule has 96 valence electrons. The molecule has 1 saturated carbocycles. The van der Waals surface area contributed by atoms with Crippen LogP contribution >= 0.6 is 0 Å². The quantitative estimate of drug-likeness (QED) is 0.775. The van der Waals surface area contributed by atoms with E-state index in [4.69, 9.17) is 0 Å². The molecule has 0 spiro atoms. The number of rotatable bonds is 3. The molecule has 0 aromatic carbocycles. The zero-order chi connectivity index (χ0) is 11.9. The Morgan fingerprint density at radius 2 is 1.88 bits per heavy atom. The topological polar surface area (TPSA) is 46.2 Å². The normalized spacial score (nSPS) is 39.9. The van der Waals surface area contributed by atoms with Crippen molar-refractivity contribution in [1.82, 2.24) is 5.32 Å². The maximum atomic E-state index is 11.3. The van der Waals surface area contributed by atoms with E-state index >= 15 is 0 Å². The molecular weight excluding hydrogens is 234 g/mol. The van der Waals surface area contributed by atoms with Gasteiger partial charge in [0.1, 0.15) is 9.84 Å². The van der Waals surface area contributed by atoms with E-state index in [2.05, 4.69) is 17.5 Å². The van der Waals surface area contributed by atoms with E-state index in [9.17, 15) is 8.42 Å². The fraction of sp³-hybridized carbons (Fsp3) is 0.846. The van der Waals surface area contributed by atoms with Gasteiger partial charge in [0.2, 0.25) is 0 Å². The van der Waals surface area contributed by atoms with Crippen LogP contribution in [0.25, 0.3) is 0 Å². The molecule has 2 fully saturated rings. The molecule has 0 amide bonds. The first-order chi connectivity index (χ1) is 8.12. The number of nitrogens with one attached hydrogen (secondary N) is 1. The maximum Gasteiger partial charge on any atom is 0.150 e. The molecule has 3 unspecified atom stereocenters. The Morgan fingerprint density at radius 1 is 1.12 bits per heavy atom. The molecule has 1 heterocycles. The number of allylic oxidation sites excluding steroid dienone is 2. The van der Waals surface area contributed by atoms with Crippen LogP contribution in [0, 0.1) is 17.8 Å². The summed E-state index contributed by atoms with van der Waals surface area (Å²) >= 11 is 0. The van der Waals surface area contributed by atoms with Crippen LogP contribution < -0.4 is 5.32 Å². The zero-order valence-electron chi connectivity index (χ0n) is 10.1. The maximum absolute atomic E-state index is 11.3. The predicted molar refractivity (Wildman–Crippen MR) is 68.5 cm³/mol. The average Bonchev–Trinajstić information content (AvgIpc) is 2.89. The third kappa shape index (κ3) is 2.58. The molecule has 3 nitrogen and oxygen atoms in total. The van der Waals surface area contributed by atoms with Crippen molar-refractivity contribution in [1.29, 1.82) is 0 Å². The van der Waals surface area contributed by atoms with Crippen molar-refractivity contribution in [2.45, 2.75) is 31.7 Å². The summed E-state index contributed by atoms with van der Waals surface area (Å²) in [6, 6.07) is 0.432. The Labute approximate surface area is 104 Å². The Bertz CT molecular complexity index is 401. The lowest BCUT2D eigenvalue weighted by Crippen LogP contribution is -2.40. The predicted octanol–water partition coefficient (Wildman–Crippen LogP) is 1.37. The van der Waals surface area contributed by atoms with Gasteiger partial charge in [0.25, 0.3) is 0 Å². The molecule has 0 aromatic heterocycles. The summed E-state index contributed by atoms with van der Waals surface area (Å²) in [6.45, 7) is 1.08. The lowest BCUT2D eigenvalue weighted by Gasteiger charge is -2.26. The summed E-state index contributed by atoms with van der Waals surface area (Å²) in [7, 11) is -2.71. The summed E-state index contributed by atoms with van der Waals surface area (Å²) in [5.74, 6) is 3.17. The smallest absolute Gasteiger partial charge is 0.150 e. The fourth-order valence-electron chi connectivity index (χ4n) is 3.54. The van der Waals surface area contributed by atoms with E-state index < -0.39 is 9.84 Å². The molecule has 0 aromatic rings. The van der Waals surface area contributed by atoms with Crippen molar-refractivity contribution in [3.05, 3.63) is 12.2 Å². The lowest BCUT2D eigenvalue weighted by atomic mass is 9.93. The summed E-state index contributed by atoms with van der Waals surface area (Å²) in [5, 5.41) is 3.59. The van der Waals surface area contributed by atoms with Crippen LogP contribution in [-0.4, -0.2) is 32.5 Å². The van der Waals surface area contributed by atoms with Gasteiger partial charge in [0.15, 0.2) is 0 Å². The summed E-state index contributed by atoms with van der Waals surface area (Å²) < 4.78 is 22.6. The third-order valence-electron chi connectivity index (χ3n) is 4.64. The van der Waals surface area contributed by atoms with Crippen molar-refractivity contribution in [3.63, 3.8) is 0 Å². The molecule has 17 heavy (non-hydrogen) atoms. The number of fused-ring (bicyclic) bond motifs is 2. The van der Waals surface area contributed by atoms with Crippen molar-refractivity contribution >= 4 is 9.84 Å². The Hall–Kier alpha value is -0.350. The van der Waals surface area contributed by atoms with Crippen LogP contribution in [0.2, 0.25) is 0 Å². The molecular formula is C13H21NO2S. The molecule has 1 aliphatic heterocycles. The molecule has 2 aliphatic carbocycles. The molecule has 0 radical (unpaired) electrons. The van der Waals surface area contributed by atoms with Crippen molar-refractivity contribution in [2.24, 2.45) is 17.8 Å². The van der Waals surface area contributed by atoms with Crippen LogP contribution in [-0.2, 0) is 9.84 Å². The minimum absolute atomic E-state index is 0.376. The van der Waals surface area contributed by atoms with Crippen LogP contribution in [0.5, 0.6) is 0 Å². The van der Waals surface area contributed by atoms with Gasteiger partial charge in [-0.25, -0.2) is 8.42 Å². The van der Waals surface area contributed by atoms with Crippen molar-refractivity contribution < 1.29 is 8.42 Å². The third-order valence-corrected chi connectivity index (χ3v) is 6.36. The Morgan fingerprint density at radius 3 is 2.47 bits per heavy atom. The highest BCUT2D eigenvalue weighted by molar-refractivity contribution is 7.91. The van der Waals surface area contributed by atoms with E-state index in [1.165, 1.54) is 12.8 Å². The van der Waals surface area contributed by atoms with Gasteiger partial charge in [0.05, 0.1) is 11.5 Å². The van der Waals surface area contributed by atoms with Crippen LogP contribution in [0.15, 0.2) is 12.2 Å². The summed E-state index contributed by atoms with van der Waals surface area (Å²) in [6.07, 6.45) is 9.04. The average molecular weight is 255 g/mol. The molecule has 1 saturated heterocycles. The number of sulfone groups is 1. The minimum Gasteiger partial charge on any atom is -0.314 e. The Balaban J connectivity index is 1.45. The monoisotopic (exact) mass is 255 g/mol. The SMILES string of the molecule is O=S1(=O)CCC(NCC2CC3C=CC2C3)CC1. The largest absolute Gasteiger partial charge is 0.314 e. The van der Waals surface area contributed by atoms with E-state index in [0.717, 1.165) is 37.1 Å². The van der Waals surface area contributed by atoms with E-state index in [1.807, 2.05) is 0 Å². The highest BCUT2D eigenvalue weighted by Gasteiger charge is 2.35. The van der Waals surface area contributed by atoms with Gasteiger partial charge in [-0.2, -0.15) is 0 Å². The molecule has 4 heteroatoms. The van der Waals surface area contributed by atoms with Crippen LogP contribution in [0.1, 0.15) is 25.7 Å². The lowest BCUT2D eigenvalue weighted by molar-refractivity contribution is 0.368. The van der Waals surface area contributed by atoms with Gasteiger partial charge in [-0.05, 0) is 50.0 Å². The van der Waals surface area contributed by atoms with Gasteiger partial charge in [-0.15, -0.1) is 0 Å². The highest BCUT2D eigenvalue weighted by atomic mass is 32.2. The Kier molecular flexibility index (Phi) is 3.03. The highest BCUT2D eigenvalue weighted by Crippen LogP contribution is 2.43. The van der Waals surface area contributed by atoms with Gasteiger partial charge in [0, 0.05) is 6.04 Å². The number of hydrogen-bond donors (Lipinski definition) is 1. The summed E-state index contributed by atoms with van der Waals surface area (Å²) in [5.41, 5.74) is 0. The van der Waals surface area contributed by atoms with Gasteiger partial charge in [-0.1, -0.05) is 12.2 Å². The molecule has 1 N–H and O–H groups in total. The minimum atomic E-state index is -2.71. The first kappa shape index (κ1) is 11.7. The summed E-state index contributed by atoms with van der Waals surface area (Å²) in [4.78, 5) is 0. The van der Waals surface area contributed by atoms with Gasteiger partial charge < -0.3 is 5.32 Å². The van der Waals surface area contributed by atoms with Gasteiger partial charge in [-0.3, -0.25) is 0 Å².